The molecule has 0 atom stereocenters. The molecule has 0 aliphatic rings. The zero-order valence-corrected chi connectivity index (χ0v) is 18.6. The Balaban J connectivity index is 1.55. The van der Waals surface area contributed by atoms with Crippen molar-refractivity contribution in [1.82, 2.24) is 0 Å². The maximum absolute atomic E-state index is 12.7. The van der Waals surface area contributed by atoms with Crippen molar-refractivity contribution in [2.75, 3.05) is 23.3 Å². The molecule has 0 aliphatic carbocycles. The maximum Gasteiger partial charge on any atom is 0.288 e. The fourth-order valence-corrected chi connectivity index (χ4v) is 4.42. The fourth-order valence-electron chi connectivity index (χ4n) is 2.71. The van der Waals surface area contributed by atoms with E-state index in [1.54, 1.807) is 42.5 Å². The van der Waals surface area contributed by atoms with E-state index in [9.17, 15) is 22.0 Å². The van der Waals surface area contributed by atoms with Crippen molar-refractivity contribution in [3.8, 4) is 5.75 Å². The van der Waals surface area contributed by atoms with Crippen LogP contribution in [-0.2, 0) is 14.8 Å². The Bertz CT molecular complexity index is 1140. The lowest BCUT2D eigenvalue weighted by Crippen LogP contribution is -2.26. The minimum absolute atomic E-state index is 0.181. The summed E-state index contributed by atoms with van der Waals surface area (Å²) in [6.45, 7) is -0.273. The van der Waals surface area contributed by atoms with Crippen LogP contribution in [-0.4, -0.2) is 33.7 Å². The molecule has 3 aromatic carbocycles. The van der Waals surface area contributed by atoms with E-state index in [-0.39, 0.29) is 11.5 Å². The number of thioether (sulfide) groups is 1. The van der Waals surface area contributed by atoms with Crippen molar-refractivity contribution in [2.45, 2.75) is 15.5 Å². The largest absolute Gasteiger partial charge is 0.484 e. The highest BCUT2D eigenvalue weighted by atomic mass is 32.2. The van der Waals surface area contributed by atoms with Gasteiger partial charge >= 0.3 is 0 Å². The van der Waals surface area contributed by atoms with Gasteiger partial charge in [-0.3, -0.25) is 9.10 Å². The first kappa shape index (κ1) is 23.6. The number of hydrogen-bond acceptors (Lipinski definition) is 5. The van der Waals surface area contributed by atoms with E-state index in [0.29, 0.717) is 33.8 Å². The highest BCUT2D eigenvalue weighted by Crippen LogP contribution is 2.26. The Morgan fingerprint density at radius 3 is 2.22 bits per heavy atom. The number of anilines is 2. The van der Waals surface area contributed by atoms with Crippen LogP contribution in [0.25, 0.3) is 0 Å². The molecule has 32 heavy (non-hydrogen) atoms. The molecule has 0 heterocycles. The predicted molar refractivity (Wildman–Crippen MR) is 121 cm³/mol. The highest BCUT2D eigenvalue weighted by Gasteiger charge is 2.20. The number of rotatable bonds is 9. The monoisotopic (exact) mass is 478 g/mol. The molecule has 0 radical (unpaired) electrons. The van der Waals surface area contributed by atoms with Crippen LogP contribution in [0.4, 0.5) is 20.2 Å². The fraction of sp³-hybridized carbons (Fsp3) is 0.136. The summed E-state index contributed by atoms with van der Waals surface area (Å²) in [5.41, 5.74) is 0.896. The lowest BCUT2D eigenvalue weighted by molar-refractivity contribution is -0.118. The van der Waals surface area contributed by atoms with Crippen LogP contribution in [0.5, 0.6) is 5.75 Å². The summed E-state index contributed by atoms with van der Waals surface area (Å²) in [5, 5.41) is 2.61. The smallest absolute Gasteiger partial charge is 0.288 e. The topological polar surface area (TPSA) is 75.7 Å². The van der Waals surface area contributed by atoms with E-state index in [0.717, 1.165) is 4.31 Å². The summed E-state index contributed by atoms with van der Waals surface area (Å²) >= 11 is 0.425. The van der Waals surface area contributed by atoms with Crippen molar-refractivity contribution >= 4 is 39.1 Å². The van der Waals surface area contributed by atoms with Gasteiger partial charge in [0.15, 0.2) is 6.61 Å². The standard InChI is InChI=1S/C22H20F2N2O4S2/c1-26(32(28,29)20-5-3-2-4-6-20)17-9-11-18(12-10-17)30-15-21(27)25-16-7-13-19(14-8-16)31-22(23)24/h2-14,22H,15H2,1H3,(H,25,27). The third kappa shape index (κ3) is 6.21. The molecule has 168 valence electrons. The maximum atomic E-state index is 12.7. The highest BCUT2D eigenvalue weighted by molar-refractivity contribution is 7.99. The number of ether oxygens (including phenoxy) is 1. The molecular formula is C22H20F2N2O4S2. The van der Waals surface area contributed by atoms with Crippen LogP contribution in [0, 0.1) is 0 Å². The molecule has 0 aliphatic heterocycles. The summed E-state index contributed by atoms with van der Waals surface area (Å²) in [4.78, 5) is 12.6. The van der Waals surface area contributed by atoms with Gasteiger partial charge in [0, 0.05) is 17.6 Å². The number of halogens is 2. The Morgan fingerprint density at radius 2 is 1.62 bits per heavy atom. The minimum atomic E-state index is -3.69. The van der Waals surface area contributed by atoms with Crippen molar-refractivity contribution < 1.29 is 26.7 Å². The Morgan fingerprint density at radius 1 is 1.00 bits per heavy atom. The van der Waals surface area contributed by atoms with E-state index in [2.05, 4.69) is 5.32 Å². The Labute approximate surface area is 189 Å². The Kier molecular flexibility index (Phi) is 7.70. The summed E-state index contributed by atoms with van der Waals surface area (Å²) in [6, 6.07) is 20.4. The van der Waals surface area contributed by atoms with Gasteiger partial charge < -0.3 is 10.1 Å². The quantitative estimate of drug-likeness (QED) is 0.445. The van der Waals surface area contributed by atoms with Gasteiger partial charge in [-0.15, -0.1) is 0 Å². The van der Waals surface area contributed by atoms with Gasteiger partial charge in [-0.25, -0.2) is 8.42 Å². The number of carbonyl (C=O) groups excluding carboxylic acids is 1. The number of carbonyl (C=O) groups is 1. The van der Waals surface area contributed by atoms with E-state index in [4.69, 9.17) is 4.74 Å². The molecule has 10 heteroatoms. The molecule has 1 N–H and O–H groups in total. The van der Waals surface area contributed by atoms with Crippen LogP contribution < -0.4 is 14.4 Å². The van der Waals surface area contributed by atoms with Crippen LogP contribution in [0.15, 0.2) is 88.7 Å². The van der Waals surface area contributed by atoms with Gasteiger partial charge in [0.1, 0.15) is 5.75 Å². The van der Waals surface area contributed by atoms with E-state index in [1.807, 2.05) is 0 Å². The second-order valence-electron chi connectivity index (χ2n) is 6.52. The molecule has 0 fully saturated rings. The molecule has 3 aromatic rings. The van der Waals surface area contributed by atoms with Gasteiger partial charge in [0.2, 0.25) is 0 Å². The van der Waals surface area contributed by atoms with Crippen LogP contribution >= 0.6 is 11.8 Å². The average Bonchev–Trinajstić information content (AvgIpc) is 2.79. The first-order chi connectivity index (χ1) is 15.3. The molecule has 3 rings (SSSR count). The summed E-state index contributed by atoms with van der Waals surface area (Å²) < 4.78 is 56.6. The normalized spacial score (nSPS) is 11.2. The SMILES string of the molecule is CN(c1ccc(OCC(=O)Nc2ccc(SC(F)F)cc2)cc1)S(=O)(=O)c1ccccc1. The zero-order chi connectivity index (χ0) is 23.1. The molecule has 0 saturated heterocycles. The average molecular weight is 479 g/mol. The first-order valence-electron chi connectivity index (χ1n) is 9.37. The van der Waals surface area contributed by atoms with Crippen LogP contribution in [0.3, 0.4) is 0 Å². The first-order valence-corrected chi connectivity index (χ1v) is 11.7. The molecule has 0 spiro atoms. The van der Waals surface area contributed by atoms with Gasteiger partial charge in [0.05, 0.1) is 10.6 Å². The molecule has 0 aromatic heterocycles. The van der Waals surface area contributed by atoms with Crippen molar-refractivity contribution in [1.29, 1.82) is 0 Å². The predicted octanol–water partition coefficient (Wildman–Crippen LogP) is 4.84. The lowest BCUT2D eigenvalue weighted by atomic mass is 10.3. The number of nitrogens with zero attached hydrogens (tertiary/aromatic N) is 1. The Hall–Kier alpha value is -3.11. The number of nitrogens with one attached hydrogen (secondary N) is 1. The molecule has 6 nitrogen and oxygen atoms in total. The summed E-state index contributed by atoms with van der Waals surface area (Å²) in [6.07, 6.45) is 0. The molecular weight excluding hydrogens is 458 g/mol. The minimum Gasteiger partial charge on any atom is -0.484 e. The lowest BCUT2D eigenvalue weighted by Gasteiger charge is -2.19. The van der Waals surface area contributed by atoms with Crippen LogP contribution in [0.1, 0.15) is 0 Å². The second kappa shape index (κ2) is 10.5. The molecule has 0 unspecified atom stereocenters. The number of amides is 1. The summed E-state index contributed by atoms with van der Waals surface area (Å²) in [7, 11) is -2.23. The van der Waals surface area contributed by atoms with Crippen molar-refractivity contribution in [3.05, 3.63) is 78.9 Å². The van der Waals surface area contributed by atoms with Gasteiger partial charge in [-0.05, 0) is 60.7 Å². The molecule has 1 amide bonds. The number of hydrogen-bond donors (Lipinski definition) is 1. The second-order valence-corrected chi connectivity index (χ2v) is 9.55. The van der Waals surface area contributed by atoms with E-state index in [1.165, 1.54) is 43.4 Å². The molecule has 0 bridgehead atoms. The van der Waals surface area contributed by atoms with Crippen LogP contribution in [0.2, 0.25) is 0 Å². The zero-order valence-electron chi connectivity index (χ0n) is 16.9. The van der Waals surface area contributed by atoms with Gasteiger partial charge in [-0.2, -0.15) is 8.78 Å². The third-order valence-electron chi connectivity index (χ3n) is 4.34. The summed E-state index contributed by atoms with van der Waals surface area (Å²) in [5.74, 6) is -2.54. The van der Waals surface area contributed by atoms with Gasteiger partial charge in [0.25, 0.3) is 21.7 Å². The van der Waals surface area contributed by atoms with E-state index < -0.39 is 21.7 Å². The third-order valence-corrected chi connectivity index (χ3v) is 6.86. The number of benzene rings is 3. The van der Waals surface area contributed by atoms with Gasteiger partial charge in [-0.1, -0.05) is 30.0 Å². The van der Waals surface area contributed by atoms with Crippen molar-refractivity contribution in [3.63, 3.8) is 0 Å². The van der Waals surface area contributed by atoms with Crippen molar-refractivity contribution in [2.24, 2.45) is 0 Å². The van der Waals surface area contributed by atoms with E-state index >= 15 is 0 Å². The molecule has 0 saturated carbocycles. The number of alkyl halides is 2. The number of sulfonamides is 1.